The van der Waals surface area contributed by atoms with Crippen molar-refractivity contribution in [2.24, 2.45) is 10.9 Å². The molecule has 2 aromatic heterocycles. The smallest absolute Gasteiger partial charge is 0.362 e. The van der Waals surface area contributed by atoms with Crippen LogP contribution >= 0.6 is 11.3 Å². The quantitative estimate of drug-likeness (QED) is 0.0379. The lowest BCUT2D eigenvalue weighted by molar-refractivity contribution is -0.145. The molecule has 1 aliphatic carbocycles. The highest BCUT2D eigenvalue weighted by Crippen LogP contribution is 2.44. The van der Waals surface area contributed by atoms with Crippen molar-refractivity contribution in [1.82, 2.24) is 34.9 Å². The fourth-order valence-electron chi connectivity index (χ4n) is 3.52. The van der Waals surface area contributed by atoms with Gasteiger partial charge in [-0.1, -0.05) is 16.9 Å². The number of nitrogen functional groups attached to an aromatic ring is 1. The Morgan fingerprint density at radius 3 is 2.71 bits per heavy atom. The normalized spacial score (nSPS) is 20.4. The van der Waals surface area contributed by atoms with Crippen LogP contribution in [0.25, 0.3) is 0 Å². The van der Waals surface area contributed by atoms with Gasteiger partial charge in [-0.2, -0.15) is 8.42 Å². The molecule has 1 aliphatic heterocycles. The molecule has 4 rings (SSSR count). The highest BCUT2D eigenvalue weighted by atomic mass is 32.2. The molecule has 38 heavy (non-hydrogen) atoms. The van der Waals surface area contributed by atoms with E-state index in [9.17, 15) is 27.7 Å². The fourth-order valence-corrected chi connectivity index (χ4v) is 4.94. The minimum atomic E-state index is -4.97. The molecule has 3 heterocycles. The van der Waals surface area contributed by atoms with Crippen LogP contribution in [-0.4, -0.2) is 83.5 Å². The molecule has 1 saturated heterocycles. The molecular weight excluding hydrogens is 546 g/mol. The summed E-state index contributed by atoms with van der Waals surface area (Å²) in [6, 6.07) is -2.71. The van der Waals surface area contributed by atoms with Gasteiger partial charge in [-0.3, -0.25) is 19.6 Å². The summed E-state index contributed by atoms with van der Waals surface area (Å²) in [5.41, 5.74) is 9.71. The van der Waals surface area contributed by atoms with E-state index in [4.69, 9.17) is 21.7 Å². The molecule has 0 aromatic carbocycles. The van der Waals surface area contributed by atoms with Crippen molar-refractivity contribution in [3.8, 4) is 0 Å². The van der Waals surface area contributed by atoms with Crippen molar-refractivity contribution < 1.29 is 32.5 Å². The zero-order chi connectivity index (χ0) is 27.8. The summed E-state index contributed by atoms with van der Waals surface area (Å²) in [6.45, 7) is 3.20. The van der Waals surface area contributed by atoms with Gasteiger partial charge in [0.1, 0.15) is 23.2 Å². The summed E-state index contributed by atoms with van der Waals surface area (Å²) in [5.74, 6) is -2.64. The average Bonchev–Trinajstić information content (AvgIpc) is 3.29. The molecule has 0 spiro atoms. The second-order valence-electron chi connectivity index (χ2n) is 8.37. The van der Waals surface area contributed by atoms with Crippen LogP contribution in [-0.2, 0) is 37.8 Å². The van der Waals surface area contributed by atoms with Gasteiger partial charge in [-0.15, -0.1) is 16.4 Å². The number of thiazole rings is 1. The number of amides is 2. The van der Waals surface area contributed by atoms with Crippen LogP contribution in [0.4, 0.5) is 5.13 Å². The van der Waals surface area contributed by atoms with Crippen molar-refractivity contribution in [2.45, 2.75) is 43.6 Å². The van der Waals surface area contributed by atoms with Crippen LogP contribution in [0.15, 0.2) is 29.1 Å². The van der Waals surface area contributed by atoms with Gasteiger partial charge in [0.25, 0.3) is 11.8 Å². The number of hydrogen-bond acceptors (Lipinski definition) is 13. The van der Waals surface area contributed by atoms with Gasteiger partial charge in [0.05, 0.1) is 25.3 Å². The number of aromatic nitrogens is 4. The summed E-state index contributed by atoms with van der Waals surface area (Å²) in [6.07, 6.45) is 2.22. The number of rotatable bonds is 11. The first-order valence-corrected chi connectivity index (χ1v) is 13.0. The number of carbonyl (C=O) groups is 2. The first-order chi connectivity index (χ1) is 17.8. The Morgan fingerprint density at radius 2 is 2.16 bits per heavy atom. The molecule has 204 valence electrons. The van der Waals surface area contributed by atoms with Gasteiger partial charge in [0.15, 0.2) is 22.4 Å². The SMILES string of the molecule is C=C(O)C1(O/N=C(\C(=O)N[C@@H]2C(=O)N(S(=O)(=O)O)[C@@H]2Cn2cc(CNC(=N)N)nn2)c2csc(N)n2)CC1. The number of guanidine groups is 1. The van der Waals surface area contributed by atoms with Gasteiger partial charge in [-0.25, -0.2) is 14.0 Å². The van der Waals surface area contributed by atoms with Gasteiger partial charge in [-0.05, 0) is 0 Å². The van der Waals surface area contributed by atoms with Gasteiger partial charge >= 0.3 is 10.3 Å². The Labute approximate surface area is 218 Å². The van der Waals surface area contributed by atoms with Crippen LogP contribution in [0.1, 0.15) is 24.2 Å². The summed E-state index contributed by atoms with van der Waals surface area (Å²) >= 11 is 1.01. The number of hydrogen-bond donors (Lipinski definition) is 7. The number of aliphatic hydroxyl groups is 1. The Bertz CT molecular complexity index is 1430. The van der Waals surface area contributed by atoms with Crippen LogP contribution in [0.2, 0.25) is 0 Å². The number of nitrogens with two attached hydrogens (primary N) is 2. The van der Waals surface area contributed by atoms with E-state index in [1.807, 2.05) is 0 Å². The minimum Gasteiger partial charge on any atom is -0.509 e. The summed E-state index contributed by atoms with van der Waals surface area (Å²) in [7, 11) is -4.97. The van der Waals surface area contributed by atoms with Crippen molar-refractivity contribution in [2.75, 3.05) is 5.73 Å². The summed E-state index contributed by atoms with van der Waals surface area (Å²) < 4.78 is 34.6. The Kier molecular flexibility index (Phi) is 6.95. The van der Waals surface area contributed by atoms with E-state index in [1.165, 1.54) is 16.3 Å². The molecule has 1 saturated carbocycles. The van der Waals surface area contributed by atoms with Crippen molar-refractivity contribution in [3.05, 3.63) is 35.3 Å². The van der Waals surface area contributed by atoms with E-state index in [1.54, 1.807) is 0 Å². The molecule has 20 heteroatoms. The molecule has 2 aromatic rings. The maximum atomic E-state index is 13.2. The lowest BCUT2D eigenvalue weighted by atomic mass is 9.98. The maximum Gasteiger partial charge on any atom is 0.362 e. The Morgan fingerprint density at radius 1 is 1.45 bits per heavy atom. The molecule has 2 atom stereocenters. The monoisotopic (exact) mass is 569 g/mol. The second kappa shape index (κ2) is 9.87. The highest BCUT2D eigenvalue weighted by molar-refractivity contribution is 7.84. The van der Waals surface area contributed by atoms with Gasteiger partial charge in [0, 0.05) is 18.2 Å². The predicted molar refractivity (Wildman–Crippen MR) is 131 cm³/mol. The summed E-state index contributed by atoms with van der Waals surface area (Å²) in [4.78, 5) is 35.2. The number of aliphatic hydroxyl groups excluding tert-OH is 1. The molecule has 9 N–H and O–H groups in total. The first kappa shape index (κ1) is 26.8. The van der Waals surface area contributed by atoms with Crippen LogP contribution < -0.4 is 22.1 Å². The van der Waals surface area contributed by atoms with Crippen molar-refractivity contribution >= 4 is 50.3 Å². The van der Waals surface area contributed by atoms with Gasteiger partial charge in [0.2, 0.25) is 0 Å². The number of nitrogens with zero attached hydrogens (tertiary/aromatic N) is 6. The molecular formula is C18H23N11O7S2. The third kappa shape index (κ3) is 5.50. The van der Waals surface area contributed by atoms with Gasteiger partial charge < -0.3 is 32.0 Å². The molecule has 2 fully saturated rings. The molecule has 0 bridgehead atoms. The second-order valence-corrected chi connectivity index (χ2v) is 10.6. The molecule has 18 nitrogen and oxygen atoms in total. The third-order valence-electron chi connectivity index (χ3n) is 5.65. The van der Waals surface area contributed by atoms with E-state index in [2.05, 4.69) is 37.7 Å². The lowest BCUT2D eigenvalue weighted by Crippen LogP contribution is -2.73. The zero-order valence-corrected chi connectivity index (χ0v) is 21.1. The van der Waals surface area contributed by atoms with E-state index >= 15 is 0 Å². The highest BCUT2D eigenvalue weighted by Gasteiger charge is 2.55. The fraction of sp³-hybridized carbons (Fsp3) is 0.389. The zero-order valence-electron chi connectivity index (χ0n) is 19.4. The van der Waals surface area contributed by atoms with E-state index in [0.717, 1.165) is 11.3 Å². The largest absolute Gasteiger partial charge is 0.509 e. The van der Waals surface area contributed by atoms with E-state index in [-0.39, 0.29) is 45.7 Å². The standard InChI is InChI=1S/C18H23N11O7S2/c1-8(30)18(2-3-18)36-26-12(10-7-37-17(21)23-10)14(31)24-13-11(29(15(13)32)38(33,34)35)6-28-5-9(25-27-28)4-22-16(19)20/h5,7,11,13,30H,1-4,6H2,(H2,21,23)(H,24,31)(H4,19,20,22)(H,33,34,35)/b26-12-/t11-,13+/m1/s1. The van der Waals surface area contributed by atoms with E-state index < -0.39 is 39.8 Å². The molecule has 0 radical (unpaired) electrons. The third-order valence-corrected chi connectivity index (χ3v) is 7.27. The number of nitrogens with one attached hydrogen (secondary N) is 3. The number of β-lactam (4-membered cyclic amide) rings is 1. The first-order valence-electron chi connectivity index (χ1n) is 10.7. The molecule has 2 amide bonds. The van der Waals surface area contributed by atoms with Crippen molar-refractivity contribution in [3.63, 3.8) is 0 Å². The lowest BCUT2D eigenvalue weighted by Gasteiger charge is -2.43. The van der Waals surface area contributed by atoms with Crippen molar-refractivity contribution in [1.29, 1.82) is 5.41 Å². The Hall–Kier alpha value is -4.30. The average molecular weight is 570 g/mol. The summed E-state index contributed by atoms with van der Waals surface area (Å²) in [5, 5.41) is 34.9. The van der Waals surface area contributed by atoms with E-state index in [0.29, 0.717) is 18.5 Å². The number of oxime groups is 1. The maximum absolute atomic E-state index is 13.2. The van der Waals surface area contributed by atoms with Crippen LogP contribution in [0, 0.1) is 5.41 Å². The Balaban J connectivity index is 1.55. The van der Waals surface area contributed by atoms with Crippen LogP contribution in [0.5, 0.6) is 0 Å². The molecule has 2 aliphatic rings. The number of carbonyl (C=O) groups excluding carboxylic acids is 2. The van der Waals surface area contributed by atoms with Crippen LogP contribution in [0.3, 0.4) is 0 Å². The molecule has 0 unspecified atom stereocenters. The minimum absolute atomic E-state index is 0.0122. The predicted octanol–water partition coefficient (Wildman–Crippen LogP) is -2.18. The number of anilines is 1. The topological polar surface area (TPSA) is 277 Å².